The molecule has 1 amide bonds. The largest absolute Gasteiger partial charge is 0.447 e. The van der Waals surface area contributed by atoms with Crippen molar-refractivity contribution >= 4 is 6.09 Å². The van der Waals surface area contributed by atoms with Gasteiger partial charge in [0.25, 0.3) is 6.29 Å². The van der Waals surface area contributed by atoms with Gasteiger partial charge in [-0.3, -0.25) is 0 Å². The summed E-state index contributed by atoms with van der Waals surface area (Å²) in [6.07, 6.45) is 8.06. The van der Waals surface area contributed by atoms with Gasteiger partial charge in [-0.05, 0) is 42.9 Å². The van der Waals surface area contributed by atoms with Crippen LogP contribution in [0.4, 0.5) is 4.79 Å². The zero-order chi connectivity index (χ0) is 27.3. The third kappa shape index (κ3) is 6.33. The van der Waals surface area contributed by atoms with E-state index in [0.717, 1.165) is 24.0 Å². The number of rotatable bonds is 10. The van der Waals surface area contributed by atoms with E-state index in [-0.39, 0.29) is 24.2 Å². The third-order valence-electron chi connectivity index (χ3n) is 7.87. The highest BCUT2D eigenvalue weighted by molar-refractivity contribution is 5.68. The molecule has 6 rings (SSSR count). The van der Waals surface area contributed by atoms with E-state index >= 15 is 0 Å². The van der Waals surface area contributed by atoms with Gasteiger partial charge in [-0.2, -0.15) is 0 Å². The molecule has 0 radical (unpaired) electrons. The van der Waals surface area contributed by atoms with Crippen LogP contribution in [0.5, 0.6) is 11.5 Å². The van der Waals surface area contributed by atoms with Crippen LogP contribution in [0, 0.1) is 11.8 Å². The number of alkyl carbamates (subject to hydrolysis) is 1. The fourth-order valence-corrected chi connectivity index (χ4v) is 5.67. The van der Waals surface area contributed by atoms with E-state index in [0.29, 0.717) is 44.2 Å². The number of aliphatic hydroxyl groups excluding tert-OH is 1. The first-order valence-electron chi connectivity index (χ1n) is 14.1. The molecule has 0 spiro atoms. The molecule has 3 N–H and O–H groups in total. The summed E-state index contributed by atoms with van der Waals surface area (Å²) < 4.78 is 28.8. The van der Waals surface area contributed by atoms with Gasteiger partial charge < -0.3 is 39.4 Å². The summed E-state index contributed by atoms with van der Waals surface area (Å²) in [5.74, 6) is 1.68. The van der Waals surface area contributed by atoms with E-state index in [1.54, 1.807) is 0 Å². The summed E-state index contributed by atoms with van der Waals surface area (Å²) in [7, 11) is 0. The Morgan fingerprint density at radius 2 is 1.95 bits per heavy atom. The van der Waals surface area contributed by atoms with Crippen molar-refractivity contribution in [3.8, 4) is 11.5 Å². The van der Waals surface area contributed by atoms with Crippen molar-refractivity contribution in [2.24, 2.45) is 11.8 Å². The lowest BCUT2D eigenvalue weighted by atomic mass is 9.91. The lowest BCUT2D eigenvalue weighted by Crippen LogP contribution is -2.49. The highest BCUT2D eigenvalue weighted by atomic mass is 16.7. The van der Waals surface area contributed by atoms with Gasteiger partial charge in [0.2, 0.25) is 0 Å². The van der Waals surface area contributed by atoms with Crippen molar-refractivity contribution < 1.29 is 33.6 Å². The van der Waals surface area contributed by atoms with Crippen LogP contribution in [0.1, 0.15) is 36.7 Å². The first-order chi connectivity index (χ1) is 19.6. The van der Waals surface area contributed by atoms with Gasteiger partial charge in [0.15, 0.2) is 17.8 Å². The molecule has 1 aliphatic carbocycles. The number of benzene rings is 2. The van der Waals surface area contributed by atoms with E-state index in [1.807, 2.05) is 60.7 Å². The quantitative estimate of drug-likeness (QED) is 0.409. The molecule has 9 heteroatoms. The van der Waals surface area contributed by atoms with Crippen molar-refractivity contribution in [3.05, 3.63) is 84.0 Å². The molecule has 2 fully saturated rings. The predicted octanol–water partition coefficient (Wildman–Crippen LogP) is 3.99. The van der Waals surface area contributed by atoms with Crippen LogP contribution in [0.3, 0.4) is 0 Å². The second kappa shape index (κ2) is 12.4. The monoisotopic (exact) mass is 548 g/mol. The fraction of sp³-hybridized carbons (Fsp3) is 0.452. The van der Waals surface area contributed by atoms with Crippen molar-refractivity contribution in [1.29, 1.82) is 0 Å². The van der Waals surface area contributed by atoms with Crippen molar-refractivity contribution in [2.45, 2.75) is 56.6 Å². The second-order valence-corrected chi connectivity index (χ2v) is 10.7. The van der Waals surface area contributed by atoms with Crippen molar-refractivity contribution in [3.63, 3.8) is 0 Å². The first kappa shape index (κ1) is 26.8. The van der Waals surface area contributed by atoms with E-state index in [1.165, 1.54) is 0 Å². The number of nitrogens with one attached hydrogen (secondary N) is 2. The highest BCUT2D eigenvalue weighted by Crippen LogP contribution is 2.40. The molecule has 0 bridgehead atoms. The molecular formula is C31H36N2O7. The highest BCUT2D eigenvalue weighted by Gasteiger charge is 2.44. The van der Waals surface area contributed by atoms with Crippen LogP contribution >= 0.6 is 0 Å². The molecule has 7 unspecified atom stereocenters. The number of carbonyl (C=O) groups is 1. The van der Waals surface area contributed by atoms with Crippen LogP contribution in [0.15, 0.2) is 72.8 Å². The zero-order valence-corrected chi connectivity index (χ0v) is 22.3. The molecule has 9 nitrogen and oxygen atoms in total. The number of fused-ring (bicyclic) bond motifs is 2. The van der Waals surface area contributed by atoms with Crippen molar-refractivity contribution in [2.75, 3.05) is 19.8 Å². The Labute approximate surface area is 234 Å². The number of carbonyl (C=O) groups excluding carboxylic acids is 1. The summed E-state index contributed by atoms with van der Waals surface area (Å²) in [5, 5.41) is 17.4. The van der Waals surface area contributed by atoms with Crippen LogP contribution in [0.25, 0.3) is 0 Å². The van der Waals surface area contributed by atoms with Crippen LogP contribution in [-0.2, 0) is 20.8 Å². The molecule has 212 valence electrons. The van der Waals surface area contributed by atoms with Crippen LogP contribution < -0.4 is 20.1 Å². The molecule has 40 heavy (non-hydrogen) atoms. The number of amides is 1. The Morgan fingerprint density at radius 3 is 2.80 bits per heavy atom. The van der Waals surface area contributed by atoms with Crippen molar-refractivity contribution in [1.82, 2.24) is 10.6 Å². The molecule has 7 atom stereocenters. The minimum Gasteiger partial charge on any atom is -0.447 e. The van der Waals surface area contributed by atoms with Gasteiger partial charge in [0.05, 0.1) is 31.3 Å². The molecule has 2 aromatic rings. The predicted molar refractivity (Wildman–Crippen MR) is 147 cm³/mol. The maximum absolute atomic E-state index is 12.9. The summed E-state index contributed by atoms with van der Waals surface area (Å²) in [6, 6.07) is 15.2. The van der Waals surface area contributed by atoms with Crippen LogP contribution in [-0.4, -0.2) is 55.5 Å². The summed E-state index contributed by atoms with van der Waals surface area (Å²) in [5.41, 5.74) is 1.96. The van der Waals surface area contributed by atoms with Gasteiger partial charge in [-0.25, -0.2) is 4.79 Å². The Morgan fingerprint density at radius 1 is 1.07 bits per heavy atom. The van der Waals surface area contributed by atoms with E-state index in [2.05, 4.69) is 22.8 Å². The first-order valence-corrected chi connectivity index (χ1v) is 14.1. The van der Waals surface area contributed by atoms with Gasteiger partial charge >= 0.3 is 6.09 Å². The lowest BCUT2D eigenvalue weighted by Gasteiger charge is -2.28. The van der Waals surface area contributed by atoms with E-state index in [4.69, 9.17) is 23.7 Å². The number of hydrogen-bond donors (Lipinski definition) is 3. The molecule has 0 aromatic heterocycles. The number of allylic oxidation sites excluding steroid dienone is 4. The Bertz CT molecular complexity index is 1220. The Hall–Kier alpha value is -3.37. The molecule has 4 aliphatic rings. The minimum atomic E-state index is -0.814. The Balaban J connectivity index is 1.02. The normalized spacial score (nSPS) is 27.8. The standard InChI is InChI=1S/C31H36N2O7/c34-25(18-32-17-21-11-12-26-27(16-21)39-29(38-26)22-9-5-2-6-10-22)24(15-20-7-3-1-4-8-20)33-31(35)40-28-19-37-30-23(28)13-14-36-30/h1-7,9-12,16,20,23-25,28-30,32,34H,8,13-15,17-19H2,(H,33,35). The number of hydrogen-bond acceptors (Lipinski definition) is 8. The van der Waals surface area contributed by atoms with Crippen LogP contribution in [0.2, 0.25) is 0 Å². The summed E-state index contributed by atoms with van der Waals surface area (Å²) >= 11 is 0. The number of ether oxygens (including phenoxy) is 5. The van der Waals surface area contributed by atoms with Gasteiger partial charge in [-0.15, -0.1) is 0 Å². The fourth-order valence-electron chi connectivity index (χ4n) is 5.67. The SMILES string of the molecule is O=C(NC(CC1C=CC=CC1)C(O)CNCc1ccc2c(c1)OC(c1ccccc1)O2)OC1COC2OCCC12. The smallest absolute Gasteiger partial charge is 0.407 e. The topological polar surface area (TPSA) is 108 Å². The minimum absolute atomic E-state index is 0.0619. The van der Waals surface area contributed by atoms with E-state index < -0.39 is 24.5 Å². The van der Waals surface area contributed by atoms with E-state index in [9.17, 15) is 9.90 Å². The zero-order valence-electron chi connectivity index (χ0n) is 22.3. The Kier molecular flexibility index (Phi) is 8.34. The molecular weight excluding hydrogens is 512 g/mol. The molecule has 3 heterocycles. The molecule has 2 saturated heterocycles. The second-order valence-electron chi connectivity index (χ2n) is 10.7. The average molecular weight is 549 g/mol. The lowest BCUT2D eigenvalue weighted by molar-refractivity contribution is -0.0907. The maximum Gasteiger partial charge on any atom is 0.407 e. The summed E-state index contributed by atoms with van der Waals surface area (Å²) in [6.45, 7) is 1.76. The van der Waals surface area contributed by atoms with Gasteiger partial charge in [-0.1, -0.05) is 60.7 Å². The number of aliphatic hydroxyl groups is 1. The average Bonchev–Trinajstić information content (AvgIpc) is 3.71. The maximum atomic E-state index is 12.9. The third-order valence-corrected chi connectivity index (χ3v) is 7.87. The molecule has 2 aromatic carbocycles. The van der Waals surface area contributed by atoms with Gasteiger partial charge in [0.1, 0.15) is 6.10 Å². The molecule has 3 aliphatic heterocycles. The summed E-state index contributed by atoms with van der Waals surface area (Å²) in [4.78, 5) is 12.9. The molecule has 0 saturated carbocycles. The van der Waals surface area contributed by atoms with Gasteiger partial charge in [0, 0.05) is 18.7 Å².